The molecule has 0 bridgehead atoms. The van der Waals surface area contributed by atoms with Gasteiger partial charge in [0.2, 0.25) is 0 Å². The molecule has 0 N–H and O–H groups in total. The zero-order valence-corrected chi connectivity index (χ0v) is 14.6. The largest absolute Gasteiger partial charge is 0.490 e. The van der Waals surface area contributed by atoms with Crippen molar-refractivity contribution >= 4 is 22.2 Å². The highest BCUT2D eigenvalue weighted by Crippen LogP contribution is 2.33. The van der Waals surface area contributed by atoms with Gasteiger partial charge in [0.25, 0.3) is 0 Å². The molecule has 1 saturated carbocycles. The minimum Gasteiger partial charge on any atom is -0.490 e. The summed E-state index contributed by atoms with van der Waals surface area (Å²) in [5, 5.41) is 0. The van der Waals surface area contributed by atoms with E-state index in [2.05, 4.69) is 28.9 Å². The Kier molecular flexibility index (Phi) is 6.28. The van der Waals surface area contributed by atoms with Crippen molar-refractivity contribution in [3.8, 4) is 5.75 Å². The Labute approximate surface area is 136 Å². The van der Waals surface area contributed by atoms with Crippen LogP contribution < -0.4 is 4.74 Å². The zero-order valence-electron chi connectivity index (χ0n) is 13.0. The molecule has 1 fully saturated rings. The van der Waals surface area contributed by atoms with E-state index in [0.29, 0.717) is 6.10 Å². The van der Waals surface area contributed by atoms with Gasteiger partial charge in [-0.15, -0.1) is 0 Å². The summed E-state index contributed by atoms with van der Waals surface area (Å²) < 4.78 is 7.28. The van der Waals surface area contributed by atoms with Crippen LogP contribution in [0, 0.1) is 18.8 Å². The lowest BCUT2D eigenvalue weighted by Crippen LogP contribution is -2.24. The van der Waals surface area contributed by atoms with Crippen LogP contribution in [0.5, 0.6) is 5.75 Å². The van der Waals surface area contributed by atoms with Gasteiger partial charge in [0.05, 0.1) is 6.10 Å². The third-order valence-corrected chi connectivity index (χ3v) is 5.43. The molecule has 0 spiro atoms. The molecule has 2 nitrogen and oxygen atoms in total. The first-order valence-corrected chi connectivity index (χ1v) is 8.76. The van der Waals surface area contributed by atoms with Crippen LogP contribution in [0.1, 0.15) is 51.0 Å². The summed E-state index contributed by atoms with van der Waals surface area (Å²) in [7, 11) is 0. The Morgan fingerprint density at radius 1 is 1.33 bits per heavy atom. The molecule has 116 valence electrons. The fourth-order valence-corrected chi connectivity index (χ4v) is 3.35. The maximum atomic E-state index is 10.7. The van der Waals surface area contributed by atoms with Crippen molar-refractivity contribution < 1.29 is 9.53 Å². The maximum Gasteiger partial charge on any atom is 0.123 e. The minimum absolute atomic E-state index is 0.211. The monoisotopic (exact) mass is 352 g/mol. The molecule has 0 unspecified atom stereocenters. The molecular weight excluding hydrogens is 328 g/mol. The number of halogens is 1. The van der Waals surface area contributed by atoms with E-state index < -0.39 is 0 Å². The quantitative estimate of drug-likeness (QED) is 0.648. The Balaban J connectivity index is 1.79. The molecule has 0 aromatic heterocycles. The van der Waals surface area contributed by atoms with E-state index in [1.165, 1.54) is 24.8 Å². The van der Waals surface area contributed by atoms with Gasteiger partial charge in [0.15, 0.2) is 0 Å². The average Bonchev–Trinajstić information content (AvgIpc) is 2.51. The van der Waals surface area contributed by atoms with Crippen molar-refractivity contribution in [2.75, 3.05) is 0 Å². The van der Waals surface area contributed by atoms with Crippen LogP contribution in [0.15, 0.2) is 22.7 Å². The predicted octanol–water partition coefficient (Wildman–Crippen LogP) is 5.31. The van der Waals surface area contributed by atoms with E-state index in [0.717, 1.165) is 41.7 Å². The molecule has 0 amide bonds. The molecule has 3 heteroatoms. The number of hydrogen-bond acceptors (Lipinski definition) is 2. The molecule has 0 radical (unpaired) electrons. The highest BCUT2D eigenvalue weighted by Gasteiger charge is 2.23. The van der Waals surface area contributed by atoms with Crippen molar-refractivity contribution in [3.05, 3.63) is 28.2 Å². The van der Waals surface area contributed by atoms with Gasteiger partial charge in [0.1, 0.15) is 12.0 Å². The van der Waals surface area contributed by atoms with Gasteiger partial charge < -0.3 is 9.53 Å². The average molecular weight is 353 g/mol. The summed E-state index contributed by atoms with van der Waals surface area (Å²) in [6.07, 6.45) is 8.35. The van der Waals surface area contributed by atoms with Crippen LogP contribution in [0.25, 0.3) is 0 Å². The summed E-state index contributed by atoms with van der Waals surface area (Å²) in [5.41, 5.74) is 1.18. The number of carbonyl (C=O) groups excluding carboxylic acids is 1. The first kappa shape index (κ1) is 16.5. The number of carbonyl (C=O) groups is 1. The van der Waals surface area contributed by atoms with Gasteiger partial charge in [-0.05, 0) is 63.5 Å². The first-order valence-electron chi connectivity index (χ1n) is 7.97. The van der Waals surface area contributed by atoms with Gasteiger partial charge in [-0.2, -0.15) is 0 Å². The van der Waals surface area contributed by atoms with E-state index >= 15 is 0 Å². The third-order valence-electron chi connectivity index (χ3n) is 4.57. The van der Waals surface area contributed by atoms with Gasteiger partial charge in [-0.25, -0.2) is 0 Å². The van der Waals surface area contributed by atoms with Gasteiger partial charge in [-0.1, -0.05) is 28.9 Å². The summed E-state index contributed by atoms with van der Waals surface area (Å²) in [6.45, 7) is 4.10. The molecule has 1 atom stereocenters. The minimum atomic E-state index is 0.211. The van der Waals surface area contributed by atoms with Crippen LogP contribution in [-0.2, 0) is 4.79 Å². The van der Waals surface area contributed by atoms with E-state index in [1.807, 2.05) is 19.1 Å². The number of ether oxygens (including phenoxy) is 1. The summed E-state index contributed by atoms with van der Waals surface area (Å²) in [6, 6.07) is 6.13. The molecule has 21 heavy (non-hydrogen) atoms. The van der Waals surface area contributed by atoms with Gasteiger partial charge in [-0.3, -0.25) is 0 Å². The molecule has 0 saturated heterocycles. The lowest BCUT2D eigenvalue weighted by molar-refractivity contribution is -0.110. The van der Waals surface area contributed by atoms with Crippen molar-refractivity contribution in [3.63, 3.8) is 0 Å². The van der Waals surface area contributed by atoms with Crippen LogP contribution in [-0.4, -0.2) is 12.4 Å². The molecule has 1 aliphatic rings. The molecule has 1 aromatic rings. The number of rotatable bonds is 6. The van der Waals surface area contributed by atoms with Crippen molar-refractivity contribution in [1.82, 2.24) is 0 Å². The fraction of sp³-hybridized carbons (Fsp3) is 0.611. The Bertz CT molecular complexity index is 464. The van der Waals surface area contributed by atoms with Crippen LogP contribution >= 0.6 is 15.9 Å². The SMILES string of the molecule is Cc1c(Br)cccc1OC1CCC(CC[C@H](C)C=O)CC1. The normalized spacial score (nSPS) is 23.6. The first-order chi connectivity index (χ1) is 10.1. The Hall–Kier alpha value is -0.830. The number of aldehydes is 1. The number of hydrogen-bond donors (Lipinski definition) is 0. The predicted molar refractivity (Wildman–Crippen MR) is 89.7 cm³/mol. The van der Waals surface area contributed by atoms with Crippen molar-refractivity contribution in [2.24, 2.45) is 11.8 Å². The Morgan fingerprint density at radius 2 is 2.05 bits per heavy atom. The van der Waals surface area contributed by atoms with Crippen LogP contribution in [0.2, 0.25) is 0 Å². The van der Waals surface area contributed by atoms with E-state index in [4.69, 9.17) is 4.74 Å². The van der Waals surface area contributed by atoms with Gasteiger partial charge in [0, 0.05) is 16.0 Å². The van der Waals surface area contributed by atoms with E-state index in [1.54, 1.807) is 0 Å². The lowest BCUT2D eigenvalue weighted by atomic mass is 9.83. The fourth-order valence-electron chi connectivity index (χ4n) is 3.00. The van der Waals surface area contributed by atoms with Crippen LogP contribution in [0.4, 0.5) is 0 Å². The van der Waals surface area contributed by atoms with E-state index in [9.17, 15) is 4.79 Å². The molecular formula is C18H25BrO2. The smallest absolute Gasteiger partial charge is 0.123 e. The maximum absolute atomic E-state index is 10.7. The third kappa shape index (κ3) is 4.84. The molecule has 1 aromatic carbocycles. The van der Waals surface area contributed by atoms with Crippen LogP contribution in [0.3, 0.4) is 0 Å². The second kappa shape index (κ2) is 7.98. The van der Waals surface area contributed by atoms with Gasteiger partial charge >= 0.3 is 0 Å². The Morgan fingerprint density at radius 3 is 2.71 bits per heavy atom. The van der Waals surface area contributed by atoms with Crippen molar-refractivity contribution in [2.45, 2.75) is 58.5 Å². The highest BCUT2D eigenvalue weighted by molar-refractivity contribution is 9.10. The zero-order chi connectivity index (χ0) is 15.2. The molecule has 1 aliphatic carbocycles. The van der Waals surface area contributed by atoms with Crippen molar-refractivity contribution in [1.29, 1.82) is 0 Å². The molecule has 0 aliphatic heterocycles. The second-order valence-electron chi connectivity index (χ2n) is 6.31. The standard InChI is InChI=1S/C18H25BrO2/c1-13(12-20)6-7-15-8-10-16(11-9-15)21-18-5-3-4-17(19)14(18)2/h3-5,12-13,15-16H,6-11H2,1-2H3/t13-,15?,16?/m0/s1. The molecule has 0 heterocycles. The second-order valence-corrected chi connectivity index (χ2v) is 7.17. The lowest BCUT2D eigenvalue weighted by Gasteiger charge is -2.29. The molecule has 2 rings (SSSR count). The summed E-state index contributed by atoms with van der Waals surface area (Å²) in [4.78, 5) is 10.7. The topological polar surface area (TPSA) is 26.3 Å². The number of benzene rings is 1. The summed E-state index contributed by atoms with van der Waals surface area (Å²) in [5.74, 6) is 1.99. The van der Waals surface area contributed by atoms with E-state index in [-0.39, 0.29) is 5.92 Å². The summed E-state index contributed by atoms with van der Waals surface area (Å²) >= 11 is 3.55. The highest BCUT2D eigenvalue weighted by atomic mass is 79.9.